The standard InChI is InChI=1S/C26H30FN7O4/c1-26(2,38)23(27)13-30-24(35)19-12-29-21(22-5-4-18-8-16(10-28)11-31-34(18)22)9-20(19)32-17-6-15(7-17)14-33(3)25(36)37/h4-5,8-9,11-12,15,17,23,38H,6-7,13-14H2,1-3H3,(H,29,32)(H,30,35)(H,36,37)/t15-,17-,23-/m1/s1. The zero-order valence-corrected chi connectivity index (χ0v) is 21.3. The molecule has 1 saturated carbocycles. The highest BCUT2D eigenvalue weighted by Crippen LogP contribution is 2.33. The SMILES string of the molecule is CN(C[C@H]1C[C@H](Nc2cc(-c3ccc4cc(C#N)cnn34)ncc2C(=O)NC[C@@H](F)C(C)(C)O)C1)C(=O)O. The van der Waals surface area contributed by atoms with E-state index < -0.39 is 23.8 Å². The maximum atomic E-state index is 14.2. The molecule has 4 N–H and O–H groups in total. The van der Waals surface area contributed by atoms with Crippen LogP contribution in [0.2, 0.25) is 0 Å². The third-order valence-electron chi connectivity index (χ3n) is 6.70. The molecule has 1 aliphatic rings. The molecule has 0 aliphatic heterocycles. The van der Waals surface area contributed by atoms with Crippen LogP contribution < -0.4 is 10.6 Å². The summed E-state index contributed by atoms with van der Waals surface area (Å²) in [6.07, 6.45) is 1.65. The Labute approximate surface area is 218 Å². The molecule has 1 aliphatic carbocycles. The van der Waals surface area contributed by atoms with Crippen LogP contribution in [0.25, 0.3) is 16.9 Å². The largest absolute Gasteiger partial charge is 0.465 e. The average molecular weight is 524 g/mol. The van der Waals surface area contributed by atoms with Gasteiger partial charge in [-0.05, 0) is 56.9 Å². The smallest absolute Gasteiger partial charge is 0.407 e. The molecule has 3 aromatic rings. The minimum absolute atomic E-state index is 0.00895. The molecule has 11 nitrogen and oxygen atoms in total. The fourth-order valence-electron chi connectivity index (χ4n) is 4.37. The Morgan fingerprint density at radius 1 is 1.32 bits per heavy atom. The molecule has 1 fully saturated rings. The number of nitriles is 1. The summed E-state index contributed by atoms with van der Waals surface area (Å²) in [4.78, 5) is 29.8. The highest BCUT2D eigenvalue weighted by atomic mass is 19.1. The van der Waals surface area contributed by atoms with Crippen molar-refractivity contribution < 1.29 is 24.2 Å². The molecule has 2 amide bonds. The maximum absolute atomic E-state index is 14.2. The zero-order valence-electron chi connectivity index (χ0n) is 21.3. The minimum atomic E-state index is -1.66. The second-order valence-electron chi connectivity index (χ2n) is 10.2. The van der Waals surface area contributed by atoms with Crippen molar-refractivity contribution in [2.24, 2.45) is 5.92 Å². The number of fused-ring (bicyclic) bond motifs is 1. The van der Waals surface area contributed by atoms with Gasteiger partial charge in [0.15, 0.2) is 0 Å². The lowest BCUT2D eigenvalue weighted by atomic mass is 9.79. The quantitative estimate of drug-likeness (QED) is 0.334. The van der Waals surface area contributed by atoms with Crippen molar-refractivity contribution >= 4 is 23.2 Å². The molecule has 0 spiro atoms. The van der Waals surface area contributed by atoms with E-state index in [1.54, 1.807) is 16.6 Å². The van der Waals surface area contributed by atoms with Crippen molar-refractivity contribution in [3.63, 3.8) is 0 Å². The van der Waals surface area contributed by atoms with Crippen LogP contribution in [0.4, 0.5) is 14.9 Å². The normalized spacial score (nSPS) is 17.8. The second-order valence-corrected chi connectivity index (χ2v) is 10.2. The van der Waals surface area contributed by atoms with Gasteiger partial charge >= 0.3 is 6.09 Å². The summed E-state index contributed by atoms with van der Waals surface area (Å²) in [7, 11) is 1.53. The Kier molecular flexibility index (Phi) is 7.50. The highest BCUT2D eigenvalue weighted by Gasteiger charge is 2.32. The fraction of sp³-hybridized carbons (Fsp3) is 0.423. The number of anilines is 1. The number of aromatic nitrogens is 3. The lowest BCUT2D eigenvalue weighted by Crippen LogP contribution is -2.43. The van der Waals surface area contributed by atoms with Crippen molar-refractivity contribution in [2.45, 2.75) is 44.5 Å². The van der Waals surface area contributed by atoms with E-state index >= 15 is 0 Å². The van der Waals surface area contributed by atoms with E-state index in [1.807, 2.05) is 12.1 Å². The molecule has 3 aromatic heterocycles. The first kappa shape index (κ1) is 26.8. The average Bonchev–Trinajstić information content (AvgIpc) is 3.28. The number of pyridine rings is 1. The highest BCUT2D eigenvalue weighted by molar-refractivity contribution is 6.00. The van der Waals surface area contributed by atoms with Crippen LogP contribution in [-0.2, 0) is 0 Å². The summed E-state index contributed by atoms with van der Waals surface area (Å²) in [5.74, 6) is -0.351. The monoisotopic (exact) mass is 523 g/mol. The Balaban J connectivity index is 1.58. The van der Waals surface area contributed by atoms with E-state index in [0.717, 1.165) is 0 Å². The van der Waals surface area contributed by atoms with Crippen LogP contribution in [0.5, 0.6) is 0 Å². The molecule has 0 unspecified atom stereocenters. The van der Waals surface area contributed by atoms with Gasteiger partial charge in [0.1, 0.15) is 12.2 Å². The predicted molar refractivity (Wildman–Crippen MR) is 137 cm³/mol. The van der Waals surface area contributed by atoms with Crippen LogP contribution in [0.1, 0.15) is 42.6 Å². The fourth-order valence-corrected chi connectivity index (χ4v) is 4.37. The second kappa shape index (κ2) is 10.6. The molecule has 1 atom stereocenters. The summed E-state index contributed by atoms with van der Waals surface area (Å²) >= 11 is 0. The number of nitrogens with zero attached hydrogens (tertiary/aromatic N) is 5. The van der Waals surface area contributed by atoms with E-state index in [2.05, 4.69) is 26.8 Å². The van der Waals surface area contributed by atoms with E-state index in [1.165, 1.54) is 38.2 Å². The van der Waals surface area contributed by atoms with Crippen LogP contribution in [0.15, 0.2) is 36.7 Å². The van der Waals surface area contributed by atoms with Crippen LogP contribution in [-0.4, -0.2) is 79.7 Å². The molecule has 0 aromatic carbocycles. The third-order valence-corrected chi connectivity index (χ3v) is 6.70. The molecular weight excluding hydrogens is 493 g/mol. The molecule has 0 saturated heterocycles. The van der Waals surface area contributed by atoms with Crippen molar-refractivity contribution in [2.75, 3.05) is 25.5 Å². The van der Waals surface area contributed by atoms with Gasteiger partial charge in [-0.15, -0.1) is 0 Å². The molecule has 38 heavy (non-hydrogen) atoms. The molecular formula is C26H30FN7O4. The number of rotatable bonds is 9. The van der Waals surface area contributed by atoms with Crippen LogP contribution >= 0.6 is 0 Å². The number of nitrogens with one attached hydrogen (secondary N) is 2. The number of amides is 2. The van der Waals surface area contributed by atoms with Gasteiger partial charge in [0, 0.05) is 25.8 Å². The summed E-state index contributed by atoms with van der Waals surface area (Å²) in [5, 5.41) is 38.3. The Bertz CT molecular complexity index is 1390. The number of carbonyl (C=O) groups is 2. The van der Waals surface area contributed by atoms with Crippen molar-refractivity contribution in [3.8, 4) is 17.5 Å². The Morgan fingerprint density at radius 2 is 2.05 bits per heavy atom. The number of hydrogen-bond acceptors (Lipinski definition) is 7. The Hall–Kier alpha value is -4.24. The van der Waals surface area contributed by atoms with E-state index in [-0.39, 0.29) is 24.1 Å². The van der Waals surface area contributed by atoms with Gasteiger partial charge in [0.25, 0.3) is 5.91 Å². The number of hydrogen-bond donors (Lipinski definition) is 4. The first-order valence-corrected chi connectivity index (χ1v) is 12.2. The molecule has 0 radical (unpaired) electrons. The van der Waals surface area contributed by atoms with E-state index in [4.69, 9.17) is 10.4 Å². The number of carbonyl (C=O) groups excluding carboxylic acids is 1. The maximum Gasteiger partial charge on any atom is 0.407 e. The van der Waals surface area contributed by atoms with Gasteiger partial charge in [0.05, 0.1) is 52.1 Å². The molecule has 0 bridgehead atoms. The summed E-state index contributed by atoms with van der Waals surface area (Å²) in [6, 6.07) is 9.11. The molecule has 12 heteroatoms. The predicted octanol–water partition coefficient (Wildman–Crippen LogP) is 2.91. The van der Waals surface area contributed by atoms with E-state index in [0.29, 0.717) is 47.5 Å². The van der Waals surface area contributed by atoms with Gasteiger partial charge < -0.3 is 25.7 Å². The number of alkyl halides is 1. The lowest BCUT2D eigenvalue weighted by molar-refractivity contribution is -0.00178. The minimum Gasteiger partial charge on any atom is -0.465 e. The molecule has 3 heterocycles. The van der Waals surface area contributed by atoms with Crippen molar-refractivity contribution in [1.82, 2.24) is 24.8 Å². The first-order valence-electron chi connectivity index (χ1n) is 12.2. The number of halogens is 1. The van der Waals surface area contributed by atoms with Gasteiger partial charge in [-0.1, -0.05) is 0 Å². The summed E-state index contributed by atoms with van der Waals surface area (Å²) in [6.45, 7) is 2.71. The van der Waals surface area contributed by atoms with Gasteiger partial charge in [-0.2, -0.15) is 10.4 Å². The van der Waals surface area contributed by atoms with E-state index in [9.17, 15) is 19.1 Å². The molecule has 200 valence electrons. The van der Waals surface area contributed by atoms with Gasteiger partial charge in [-0.3, -0.25) is 9.78 Å². The summed E-state index contributed by atoms with van der Waals surface area (Å²) in [5.41, 5.74) is 1.42. The first-order chi connectivity index (χ1) is 18.0. The lowest BCUT2D eigenvalue weighted by Gasteiger charge is -2.38. The van der Waals surface area contributed by atoms with Gasteiger partial charge in [-0.25, -0.2) is 13.7 Å². The number of carboxylic acid groups (broad SMARTS) is 1. The van der Waals surface area contributed by atoms with Crippen molar-refractivity contribution in [1.29, 1.82) is 5.26 Å². The third kappa shape index (κ3) is 5.84. The Morgan fingerprint density at radius 3 is 2.71 bits per heavy atom. The molecule has 4 rings (SSSR count). The topological polar surface area (TPSA) is 156 Å². The van der Waals surface area contributed by atoms with Crippen LogP contribution in [0, 0.1) is 17.2 Å². The number of aliphatic hydroxyl groups is 1. The van der Waals surface area contributed by atoms with Gasteiger partial charge in [0.2, 0.25) is 0 Å². The summed E-state index contributed by atoms with van der Waals surface area (Å²) < 4.78 is 15.9. The van der Waals surface area contributed by atoms with Crippen molar-refractivity contribution in [3.05, 3.63) is 47.8 Å². The zero-order chi connectivity index (χ0) is 27.6. The van der Waals surface area contributed by atoms with Crippen LogP contribution in [0.3, 0.4) is 0 Å².